The molecule has 4 aromatic rings. The van der Waals surface area contributed by atoms with Crippen molar-refractivity contribution < 1.29 is 13.6 Å². The van der Waals surface area contributed by atoms with E-state index in [1.54, 1.807) is 43.3 Å². The first kappa shape index (κ1) is 20.3. The number of anilines is 1. The maximum Gasteiger partial charge on any atom is 0.256 e. The number of para-hydroxylation sites is 1. The summed E-state index contributed by atoms with van der Waals surface area (Å²) in [4.78, 5) is 17.9. The van der Waals surface area contributed by atoms with E-state index in [1.807, 2.05) is 6.07 Å². The van der Waals surface area contributed by atoms with E-state index in [2.05, 4.69) is 5.32 Å². The van der Waals surface area contributed by atoms with E-state index in [9.17, 15) is 13.6 Å². The van der Waals surface area contributed by atoms with E-state index in [0.717, 1.165) is 12.1 Å². The Morgan fingerprint density at radius 1 is 0.967 bits per heavy atom. The minimum atomic E-state index is -1.04. The van der Waals surface area contributed by atoms with Crippen molar-refractivity contribution in [2.75, 3.05) is 5.32 Å². The van der Waals surface area contributed by atoms with Gasteiger partial charge in [0.15, 0.2) is 11.6 Å². The third-order valence-electron chi connectivity index (χ3n) is 4.73. The molecule has 3 aromatic carbocycles. The Morgan fingerprint density at radius 2 is 1.73 bits per heavy atom. The van der Waals surface area contributed by atoms with Crippen molar-refractivity contribution >= 4 is 45.7 Å². The number of pyridine rings is 1. The number of carbonyl (C=O) groups excluding carboxylic acids is 1. The lowest BCUT2D eigenvalue weighted by atomic mass is 9.97. The molecule has 150 valence electrons. The quantitative estimate of drug-likeness (QED) is 0.369. The first-order valence-corrected chi connectivity index (χ1v) is 9.72. The Labute approximate surface area is 181 Å². The summed E-state index contributed by atoms with van der Waals surface area (Å²) >= 11 is 12.4. The summed E-state index contributed by atoms with van der Waals surface area (Å²) in [5.41, 5.74) is 2.87. The van der Waals surface area contributed by atoms with Gasteiger partial charge in [0.2, 0.25) is 0 Å². The van der Waals surface area contributed by atoms with Crippen LogP contribution in [0.1, 0.15) is 15.9 Å². The van der Waals surface area contributed by atoms with Crippen LogP contribution in [-0.2, 0) is 0 Å². The summed E-state index contributed by atoms with van der Waals surface area (Å²) in [7, 11) is 0. The Balaban J connectivity index is 1.88. The molecule has 0 saturated carbocycles. The van der Waals surface area contributed by atoms with E-state index in [0.29, 0.717) is 43.3 Å². The number of benzene rings is 3. The zero-order chi connectivity index (χ0) is 21.4. The van der Waals surface area contributed by atoms with Gasteiger partial charge in [0.25, 0.3) is 5.91 Å². The number of hydrogen-bond acceptors (Lipinski definition) is 2. The fourth-order valence-electron chi connectivity index (χ4n) is 3.31. The summed E-state index contributed by atoms with van der Waals surface area (Å²) in [5, 5.41) is 4.15. The Morgan fingerprint density at radius 3 is 2.47 bits per heavy atom. The van der Waals surface area contributed by atoms with Gasteiger partial charge >= 0.3 is 0 Å². The van der Waals surface area contributed by atoms with Crippen LogP contribution in [0.25, 0.3) is 22.2 Å². The number of aromatic nitrogens is 1. The molecule has 4 rings (SSSR count). The molecule has 3 nitrogen and oxygen atoms in total. The fourth-order valence-corrected chi connectivity index (χ4v) is 3.81. The summed E-state index contributed by atoms with van der Waals surface area (Å²) in [5.74, 6) is -2.50. The average Bonchev–Trinajstić information content (AvgIpc) is 2.70. The molecular weight excluding hydrogens is 429 g/mol. The molecule has 0 saturated heterocycles. The third kappa shape index (κ3) is 3.74. The standard InChI is InChI=1S/C23H14Cl2F2N2O/c1-12-21(23(30)28-14-7-9-18(26)19(27)11-14)16-4-2-3-5-20(16)29-22(12)15-8-6-13(24)10-17(15)25/h2-11H,1H3,(H,28,30). The van der Waals surface area contributed by atoms with Gasteiger partial charge in [0.1, 0.15) is 0 Å². The first-order chi connectivity index (χ1) is 14.3. The molecule has 0 radical (unpaired) electrons. The van der Waals surface area contributed by atoms with Crippen LogP contribution in [0.2, 0.25) is 10.0 Å². The van der Waals surface area contributed by atoms with Gasteiger partial charge in [0.05, 0.1) is 21.8 Å². The molecule has 7 heteroatoms. The molecule has 0 aliphatic carbocycles. The molecule has 1 amide bonds. The first-order valence-electron chi connectivity index (χ1n) is 8.96. The molecule has 0 atom stereocenters. The number of fused-ring (bicyclic) bond motifs is 1. The van der Waals surface area contributed by atoms with Crippen molar-refractivity contribution in [3.63, 3.8) is 0 Å². The van der Waals surface area contributed by atoms with Crippen LogP contribution in [0.3, 0.4) is 0 Å². The molecule has 0 unspecified atom stereocenters. The third-order valence-corrected chi connectivity index (χ3v) is 5.27. The molecule has 0 bridgehead atoms. The van der Waals surface area contributed by atoms with Crippen LogP contribution in [-0.4, -0.2) is 10.9 Å². The van der Waals surface area contributed by atoms with Crippen molar-refractivity contribution in [1.82, 2.24) is 4.98 Å². The smallest absolute Gasteiger partial charge is 0.256 e. The number of nitrogens with zero attached hydrogens (tertiary/aromatic N) is 1. The van der Waals surface area contributed by atoms with Gasteiger partial charge in [-0.3, -0.25) is 4.79 Å². The van der Waals surface area contributed by atoms with Gasteiger partial charge in [-0.15, -0.1) is 0 Å². The number of carbonyl (C=O) groups is 1. The number of rotatable bonds is 3. The number of nitrogens with one attached hydrogen (secondary N) is 1. The van der Waals surface area contributed by atoms with Crippen molar-refractivity contribution in [2.45, 2.75) is 6.92 Å². The lowest BCUT2D eigenvalue weighted by molar-refractivity contribution is 0.102. The molecule has 0 fully saturated rings. The van der Waals surface area contributed by atoms with Gasteiger partial charge in [-0.05, 0) is 48.9 Å². The van der Waals surface area contributed by atoms with Gasteiger partial charge in [-0.1, -0.05) is 41.4 Å². The summed E-state index contributed by atoms with van der Waals surface area (Å²) in [6, 6.07) is 15.4. The van der Waals surface area contributed by atoms with E-state index in [1.165, 1.54) is 6.07 Å². The Kier molecular flexibility index (Phi) is 5.41. The number of amides is 1. The second kappa shape index (κ2) is 8.01. The minimum Gasteiger partial charge on any atom is -0.322 e. The van der Waals surface area contributed by atoms with Crippen molar-refractivity contribution in [2.24, 2.45) is 0 Å². The maximum absolute atomic E-state index is 13.6. The zero-order valence-electron chi connectivity index (χ0n) is 15.6. The highest BCUT2D eigenvalue weighted by Crippen LogP contribution is 2.35. The summed E-state index contributed by atoms with van der Waals surface area (Å²) in [6.07, 6.45) is 0. The molecule has 30 heavy (non-hydrogen) atoms. The Hall–Kier alpha value is -3.02. The number of hydrogen-bond donors (Lipinski definition) is 1. The van der Waals surface area contributed by atoms with Crippen LogP contribution < -0.4 is 5.32 Å². The van der Waals surface area contributed by atoms with Crippen molar-refractivity contribution in [1.29, 1.82) is 0 Å². The van der Waals surface area contributed by atoms with Crippen LogP contribution in [0.15, 0.2) is 60.7 Å². The SMILES string of the molecule is Cc1c(-c2ccc(Cl)cc2Cl)nc2ccccc2c1C(=O)Nc1ccc(F)c(F)c1. The molecule has 0 aliphatic rings. The fraction of sp³-hybridized carbons (Fsp3) is 0.0435. The van der Waals surface area contributed by atoms with Crippen molar-refractivity contribution in [3.8, 4) is 11.3 Å². The molecule has 1 heterocycles. The topological polar surface area (TPSA) is 42.0 Å². The van der Waals surface area contributed by atoms with Gasteiger partial charge < -0.3 is 5.32 Å². The van der Waals surface area contributed by atoms with Crippen molar-refractivity contribution in [3.05, 3.63) is 93.5 Å². The van der Waals surface area contributed by atoms with Crippen LogP contribution in [0.5, 0.6) is 0 Å². The molecule has 1 N–H and O–H groups in total. The minimum absolute atomic E-state index is 0.144. The van der Waals surface area contributed by atoms with E-state index < -0.39 is 17.5 Å². The average molecular weight is 443 g/mol. The van der Waals surface area contributed by atoms with E-state index in [4.69, 9.17) is 28.2 Å². The predicted molar refractivity (Wildman–Crippen MR) is 116 cm³/mol. The lowest BCUT2D eigenvalue weighted by Crippen LogP contribution is -2.15. The molecule has 0 spiro atoms. The highest BCUT2D eigenvalue weighted by Gasteiger charge is 2.20. The molecule has 1 aromatic heterocycles. The maximum atomic E-state index is 13.6. The van der Waals surface area contributed by atoms with E-state index >= 15 is 0 Å². The van der Waals surface area contributed by atoms with Crippen LogP contribution in [0, 0.1) is 18.6 Å². The van der Waals surface area contributed by atoms with E-state index in [-0.39, 0.29) is 5.69 Å². The second-order valence-corrected chi connectivity index (χ2v) is 7.53. The summed E-state index contributed by atoms with van der Waals surface area (Å²) in [6.45, 7) is 1.76. The monoisotopic (exact) mass is 442 g/mol. The predicted octanol–water partition coefficient (Wildman–Crippen LogP) is 7.05. The highest BCUT2D eigenvalue weighted by molar-refractivity contribution is 6.36. The van der Waals surface area contributed by atoms with Crippen LogP contribution >= 0.6 is 23.2 Å². The van der Waals surface area contributed by atoms with Gasteiger partial charge in [-0.25, -0.2) is 13.8 Å². The Bertz CT molecular complexity index is 1310. The highest BCUT2D eigenvalue weighted by atomic mass is 35.5. The van der Waals surface area contributed by atoms with Crippen LogP contribution in [0.4, 0.5) is 14.5 Å². The van der Waals surface area contributed by atoms with Gasteiger partial charge in [-0.2, -0.15) is 0 Å². The van der Waals surface area contributed by atoms with Gasteiger partial charge in [0, 0.05) is 27.7 Å². The molecule has 0 aliphatic heterocycles. The normalized spacial score (nSPS) is 11.0. The zero-order valence-corrected chi connectivity index (χ0v) is 17.2. The second-order valence-electron chi connectivity index (χ2n) is 6.68. The lowest BCUT2D eigenvalue weighted by Gasteiger charge is -2.16. The molecular formula is C23H14Cl2F2N2O. The number of halogens is 4. The largest absolute Gasteiger partial charge is 0.322 e. The summed E-state index contributed by atoms with van der Waals surface area (Å²) < 4.78 is 26.8.